The van der Waals surface area contributed by atoms with Gasteiger partial charge in [-0.1, -0.05) is 20.8 Å². The number of ketones is 1. The summed E-state index contributed by atoms with van der Waals surface area (Å²) < 4.78 is 5.56. The molecule has 1 saturated heterocycles. The highest BCUT2D eigenvalue weighted by atomic mass is 16.5. The van der Waals surface area contributed by atoms with E-state index in [4.69, 9.17) is 4.74 Å². The number of benzene rings is 1. The zero-order valence-electron chi connectivity index (χ0n) is 14.9. The summed E-state index contributed by atoms with van der Waals surface area (Å²) in [7, 11) is 0. The summed E-state index contributed by atoms with van der Waals surface area (Å²) >= 11 is 0. The number of anilines is 1. The topological polar surface area (TPSA) is 63.7 Å². The number of carbonyl (C=O) groups is 3. The van der Waals surface area contributed by atoms with Crippen LogP contribution in [0.5, 0.6) is 5.75 Å². The van der Waals surface area contributed by atoms with Gasteiger partial charge in [0.05, 0.1) is 24.1 Å². The first kappa shape index (κ1) is 16.3. The molecule has 2 bridgehead atoms. The van der Waals surface area contributed by atoms with Gasteiger partial charge < -0.3 is 4.74 Å². The maximum absolute atomic E-state index is 13.1. The number of carbonyl (C=O) groups excluding carboxylic acids is 3. The lowest BCUT2D eigenvalue weighted by Gasteiger charge is -2.30. The molecule has 132 valence electrons. The Bertz CT molecular complexity index is 770. The fourth-order valence-electron chi connectivity index (χ4n) is 5.25. The van der Waals surface area contributed by atoms with Crippen molar-refractivity contribution in [2.75, 3.05) is 11.5 Å². The summed E-state index contributed by atoms with van der Waals surface area (Å²) in [6.45, 7) is 6.51. The molecule has 5 heteroatoms. The van der Waals surface area contributed by atoms with E-state index < -0.39 is 11.3 Å². The van der Waals surface area contributed by atoms with Crippen LogP contribution >= 0.6 is 0 Å². The number of imide groups is 1. The monoisotopic (exact) mass is 341 g/mol. The van der Waals surface area contributed by atoms with Crippen LogP contribution in [0.4, 0.5) is 5.69 Å². The Hall–Kier alpha value is -2.17. The van der Waals surface area contributed by atoms with Crippen LogP contribution in [-0.4, -0.2) is 24.2 Å². The van der Waals surface area contributed by atoms with E-state index >= 15 is 0 Å². The second-order valence-electron chi connectivity index (χ2n) is 8.16. The van der Waals surface area contributed by atoms with E-state index in [9.17, 15) is 14.4 Å². The van der Waals surface area contributed by atoms with Crippen molar-refractivity contribution < 1.29 is 19.1 Å². The quantitative estimate of drug-likeness (QED) is 0.790. The number of fused-ring (bicyclic) bond motifs is 5. The smallest absolute Gasteiger partial charge is 0.238 e. The predicted octanol–water partition coefficient (Wildman–Crippen LogP) is 2.97. The zero-order chi connectivity index (χ0) is 18.0. The van der Waals surface area contributed by atoms with Crippen LogP contribution in [-0.2, 0) is 14.4 Å². The number of amides is 2. The molecule has 3 fully saturated rings. The van der Waals surface area contributed by atoms with E-state index in [1.54, 1.807) is 24.3 Å². The molecule has 3 aliphatic rings. The van der Waals surface area contributed by atoms with E-state index in [0.29, 0.717) is 25.1 Å². The molecular weight excluding hydrogens is 318 g/mol. The molecule has 0 N–H and O–H groups in total. The number of ether oxygens (including phenoxy) is 1. The molecule has 1 aromatic carbocycles. The molecule has 2 amide bonds. The highest BCUT2D eigenvalue weighted by molar-refractivity contribution is 6.24. The maximum Gasteiger partial charge on any atom is 0.238 e. The highest BCUT2D eigenvalue weighted by Gasteiger charge is 2.74. The van der Waals surface area contributed by atoms with E-state index in [1.807, 2.05) is 20.8 Å². The third-order valence-corrected chi connectivity index (χ3v) is 6.28. The van der Waals surface area contributed by atoms with Crippen LogP contribution < -0.4 is 9.64 Å². The van der Waals surface area contributed by atoms with Crippen molar-refractivity contribution in [3.63, 3.8) is 0 Å². The van der Waals surface area contributed by atoms with Crippen molar-refractivity contribution in [1.82, 2.24) is 0 Å². The second-order valence-corrected chi connectivity index (χ2v) is 8.16. The molecule has 0 radical (unpaired) electrons. The Kier molecular flexibility index (Phi) is 3.37. The molecule has 0 spiro atoms. The summed E-state index contributed by atoms with van der Waals surface area (Å²) in [5.74, 6) is -0.421. The van der Waals surface area contributed by atoms with Crippen LogP contribution in [0.1, 0.15) is 40.0 Å². The average molecular weight is 341 g/mol. The van der Waals surface area contributed by atoms with Gasteiger partial charge in [0.1, 0.15) is 11.5 Å². The molecule has 2 saturated carbocycles. The lowest BCUT2D eigenvalue weighted by molar-refractivity contribution is -0.138. The normalized spacial score (nSPS) is 36.3. The van der Waals surface area contributed by atoms with Gasteiger partial charge in [-0.25, -0.2) is 0 Å². The van der Waals surface area contributed by atoms with Gasteiger partial charge in [-0.05, 0) is 42.5 Å². The van der Waals surface area contributed by atoms with E-state index in [0.717, 1.165) is 12.2 Å². The molecular formula is C20H23NO4. The third-order valence-electron chi connectivity index (χ3n) is 6.28. The first-order valence-corrected chi connectivity index (χ1v) is 8.96. The molecule has 5 nitrogen and oxygen atoms in total. The molecule has 0 aromatic heterocycles. The van der Waals surface area contributed by atoms with Gasteiger partial charge in [-0.15, -0.1) is 0 Å². The zero-order valence-corrected chi connectivity index (χ0v) is 14.9. The van der Waals surface area contributed by atoms with Gasteiger partial charge in [-0.3, -0.25) is 19.3 Å². The van der Waals surface area contributed by atoms with Crippen molar-refractivity contribution in [3.8, 4) is 5.75 Å². The van der Waals surface area contributed by atoms with Crippen molar-refractivity contribution in [2.45, 2.75) is 40.0 Å². The van der Waals surface area contributed by atoms with Crippen molar-refractivity contribution in [1.29, 1.82) is 0 Å². The SMILES string of the molecule is CCCOc1ccc(N2C(=O)[C@@H]3[C@@H](C2=O)[C@@]2(C)C[C@@]3(C)CC2=O)cc1. The largest absolute Gasteiger partial charge is 0.494 e. The third kappa shape index (κ3) is 2.04. The molecule has 4 atom stereocenters. The molecule has 25 heavy (non-hydrogen) atoms. The Labute approximate surface area is 147 Å². The molecule has 4 rings (SSSR count). The second kappa shape index (κ2) is 5.16. The van der Waals surface area contributed by atoms with Crippen molar-refractivity contribution in [2.24, 2.45) is 22.7 Å². The van der Waals surface area contributed by atoms with Gasteiger partial charge in [0.2, 0.25) is 11.8 Å². The number of nitrogens with zero attached hydrogens (tertiary/aromatic N) is 1. The van der Waals surface area contributed by atoms with Crippen LogP contribution in [0, 0.1) is 22.7 Å². The average Bonchev–Trinajstić information content (AvgIpc) is 3.07. The number of rotatable bonds is 4. The summed E-state index contributed by atoms with van der Waals surface area (Å²) in [5.41, 5.74) is -0.514. The summed E-state index contributed by atoms with van der Waals surface area (Å²) in [6, 6.07) is 7.05. The van der Waals surface area contributed by atoms with E-state index in [1.165, 1.54) is 4.90 Å². The highest BCUT2D eigenvalue weighted by Crippen LogP contribution is 2.68. The Morgan fingerprint density at radius 1 is 1.08 bits per heavy atom. The van der Waals surface area contributed by atoms with Crippen molar-refractivity contribution in [3.05, 3.63) is 24.3 Å². The lowest BCUT2D eigenvalue weighted by Crippen LogP contribution is -2.40. The summed E-state index contributed by atoms with van der Waals surface area (Å²) in [6.07, 6.45) is 1.96. The first-order valence-electron chi connectivity index (χ1n) is 8.96. The fourth-order valence-corrected chi connectivity index (χ4v) is 5.25. The van der Waals surface area contributed by atoms with Crippen molar-refractivity contribution >= 4 is 23.3 Å². The van der Waals surface area contributed by atoms with Gasteiger partial charge in [0.15, 0.2) is 0 Å². The van der Waals surface area contributed by atoms with Gasteiger partial charge in [0.25, 0.3) is 0 Å². The Morgan fingerprint density at radius 2 is 1.72 bits per heavy atom. The van der Waals surface area contributed by atoms with Crippen LogP contribution in [0.25, 0.3) is 0 Å². The van der Waals surface area contributed by atoms with E-state index in [-0.39, 0.29) is 28.9 Å². The minimum absolute atomic E-state index is 0.127. The predicted molar refractivity (Wildman–Crippen MR) is 92.2 cm³/mol. The molecule has 1 heterocycles. The van der Waals surface area contributed by atoms with Gasteiger partial charge >= 0.3 is 0 Å². The molecule has 0 unspecified atom stereocenters. The number of hydrogen-bond donors (Lipinski definition) is 0. The van der Waals surface area contributed by atoms with Crippen LogP contribution in [0.3, 0.4) is 0 Å². The number of Topliss-reactive ketones (excluding diaryl/α,β-unsaturated/α-hetero) is 1. The minimum atomic E-state index is -0.689. The summed E-state index contributed by atoms with van der Waals surface area (Å²) in [5, 5.41) is 0. The van der Waals surface area contributed by atoms with Gasteiger partial charge in [-0.2, -0.15) is 0 Å². The number of hydrogen-bond acceptors (Lipinski definition) is 4. The molecule has 1 aliphatic heterocycles. The van der Waals surface area contributed by atoms with Crippen LogP contribution in [0.15, 0.2) is 24.3 Å². The van der Waals surface area contributed by atoms with Gasteiger partial charge in [0, 0.05) is 11.8 Å². The Balaban J connectivity index is 1.66. The minimum Gasteiger partial charge on any atom is -0.494 e. The lowest BCUT2D eigenvalue weighted by atomic mass is 9.68. The first-order chi connectivity index (χ1) is 11.8. The molecule has 2 aliphatic carbocycles. The maximum atomic E-state index is 13.1. The van der Waals surface area contributed by atoms with E-state index in [2.05, 4.69) is 0 Å². The fraction of sp³-hybridized carbons (Fsp3) is 0.550. The molecule has 1 aromatic rings. The summed E-state index contributed by atoms with van der Waals surface area (Å²) in [4.78, 5) is 39.9. The Morgan fingerprint density at radius 3 is 2.36 bits per heavy atom. The standard InChI is InChI=1S/C20H23NO4/c1-4-9-25-13-7-5-12(6-8-13)21-17(23)15-16(18(21)24)20(3)11-19(15,2)10-14(20)22/h5-8,15-16H,4,9-11H2,1-3H3/t15-,16-,19+,20-/m0/s1. The van der Waals surface area contributed by atoms with Crippen LogP contribution in [0.2, 0.25) is 0 Å².